The predicted octanol–water partition coefficient (Wildman–Crippen LogP) is 2.61. The minimum atomic E-state index is 0.383. The van der Waals surface area contributed by atoms with Gasteiger partial charge in [0.2, 0.25) is 0 Å². The van der Waals surface area contributed by atoms with Gasteiger partial charge in [-0.3, -0.25) is 0 Å². The van der Waals surface area contributed by atoms with Gasteiger partial charge in [0.15, 0.2) is 0 Å². The molecule has 1 fully saturated rings. The van der Waals surface area contributed by atoms with Crippen molar-refractivity contribution in [2.24, 2.45) is 0 Å². The summed E-state index contributed by atoms with van der Waals surface area (Å²) in [4.78, 5) is 13.5. The van der Waals surface area contributed by atoms with Crippen LogP contribution in [0.3, 0.4) is 0 Å². The summed E-state index contributed by atoms with van der Waals surface area (Å²) in [6.07, 6.45) is 6.72. The van der Waals surface area contributed by atoms with Crippen molar-refractivity contribution in [2.45, 2.75) is 45.6 Å². The van der Waals surface area contributed by atoms with Crippen LogP contribution in [0.5, 0.6) is 0 Å². The Hall–Kier alpha value is -1.36. The molecule has 1 aromatic heterocycles. The van der Waals surface area contributed by atoms with Crippen LogP contribution < -0.4 is 10.2 Å². The molecule has 0 spiro atoms. The Balaban J connectivity index is 1.85. The molecule has 0 aromatic carbocycles. The molecule has 5 nitrogen and oxygen atoms in total. The lowest BCUT2D eigenvalue weighted by molar-refractivity contribution is 0.318. The maximum absolute atomic E-state index is 4.39. The van der Waals surface area contributed by atoms with Crippen molar-refractivity contribution in [3.05, 3.63) is 12.4 Å². The predicted molar refractivity (Wildman–Crippen MR) is 89.0 cm³/mol. The first kappa shape index (κ1) is 16.0. The average molecular weight is 291 g/mol. The van der Waals surface area contributed by atoms with Crippen molar-refractivity contribution >= 4 is 11.6 Å². The van der Waals surface area contributed by atoms with Crippen molar-refractivity contribution in [1.82, 2.24) is 14.9 Å². The SMILES string of the molecule is CCCCN(C)C[C@H](C)Nc1cc(N2CCCC2)ncn1. The van der Waals surface area contributed by atoms with Gasteiger partial charge in [0.05, 0.1) is 0 Å². The van der Waals surface area contributed by atoms with Crippen LogP contribution in [0.2, 0.25) is 0 Å². The van der Waals surface area contributed by atoms with E-state index in [2.05, 4.69) is 52.0 Å². The number of rotatable bonds is 8. The average Bonchev–Trinajstić information content (AvgIpc) is 2.99. The first-order chi connectivity index (χ1) is 10.2. The summed E-state index contributed by atoms with van der Waals surface area (Å²) in [5, 5.41) is 3.49. The van der Waals surface area contributed by atoms with Gasteiger partial charge in [-0.2, -0.15) is 0 Å². The molecule has 0 unspecified atom stereocenters. The van der Waals surface area contributed by atoms with Gasteiger partial charge in [0, 0.05) is 31.7 Å². The quantitative estimate of drug-likeness (QED) is 0.797. The van der Waals surface area contributed by atoms with Crippen LogP contribution in [-0.2, 0) is 0 Å². The number of hydrogen-bond acceptors (Lipinski definition) is 5. The van der Waals surface area contributed by atoms with E-state index in [0.717, 1.165) is 37.8 Å². The molecule has 118 valence electrons. The molecule has 1 atom stereocenters. The molecule has 0 bridgehead atoms. The largest absolute Gasteiger partial charge is 0.366 e. The Morgan fingerprint density at radius 2 is 2.10 bits per heavy atom. The first-order valence-corrected chi connectivity index (χ1v) is 8.21. The molecular weight excluding hydrogens is 262 g/mol. The van der Waals surface area contributed by atoms with Crippen LogP contribution in [-0.4, -0.2) is 54.1 Å². The molecule has 0 amide bonds. The fourth-order valence-corrected chi connectivity index (χ4v) is 2.83. The van der Waals surface area contributed by atoms with Crippen LogP contribution in [0, 0.1) is 0 Å². The van der Waals surface area contributed by atoms with Gasteiger partial charge >= 0.3 is 0 Å². The number of hydrogen-bond donors (Lipinski definition) is 1. The van der Waals surface area contributed by atoms with Gasteiger partial charge in [-0.1, -0.05) is 13.3 Å². The topological polar surface area (TPSA) is 44.3 Å². The van der Waals surface area contributed by atoms with Crippen LogP contribution in [0.1, 0.15) is 39.5 Å². The first-order valence-electron chi connectivity index (χ1n) is 8.21. The van der Waals surface area contributed by atoms with E-state index in [1.807, 2.05) is 0 Å². The normalized spacial score (nSPS) is 16.5. The lowest BCUT2D eigenvalue weighted by atomic mass is 10.2. The van der Waals surface area contributed by atoms with E-state index in [-0.39, 0.29) is 0 Å². The fourth-order valence-electron chi connectivity index (χ4n) is 2.83. The maximum Gasteiger partial charge on any atom is 0.134 e. The second-order valence-electron chi connectivity index (χ2n) is 6.12. The highest BCUT2D eigenvalue weighted by Gasteiger charge is 2.14. The van der Waals surface area contributed by atoms with E-state index in [9.17, 15) is 0 Å². The molecule has 1 aromatic rings. The maximum atomic E-state index is 4.39. The zero-order valence-corrected chi connectivity index (χ0v) is 13.7. The molecule has 0 aliphatic carbocycles. The molecule has 2 rings (SSSR count). The van der Waals surface area contributed by atoms with Crippen LogP contribution in [0.25, 0.3) is 0 Å². The molecule has 1 aliphatic rings. The zero-order chi connectivity index (χ0) is 15.1. The van der Waals surface area contributed by atoms with Crippen molar-refractivity contribution < 1.29 is 0 Å². The van der Waals surface area contributed by atoms with Gasteiger partial charge in [0.1, 0.15) is 18.0 Å². The Bertz CT molecular complexity index is 417. The fraction of sp³-hybridized carbons (Fsp3) is 0.750. The Labute approximate surface area is 128 Å². The minimum Gasteiger partial charge on any atom is -0.366 e. The van der Waals surface area contributed by atoms with Gasteiger partial charge in [-0.05, 0) is 39.8 Å². The summed E-state index contributed by atoms with van der Waals surface area (Å²) < 4.78 is 0. The van der Waals surface area contributed by atoms with Crippen LogP contribution in [0.4, 0.5) is 11.6 Å². The van der Waals surface area contributed by atoms with Gasteiger partial charge < -0.3 is 15.1 Å². The third-order valence-electron chi connectivity index (χ3n) is 3.96. The summed E-state index contributed by atoms with van der Waals surface area (Å²) in [5.74, 6) is 1.99. The van der Waals surface area contributed by atoms with Gasteiger partial charge in [0.25, 0.3) is 0 Å². The molecule has 1 saturated heterocycles. The summed E-state index contributed by atoms with van der Waals surface area (Å²) in [5.41, 5.74) is 0. The number of nitrogens with one attached hydrogen (secondary N) is 1. The second kappa shape index (κ2) is 8.17. The Morgan fingerprint density at radius 3 is 2.81 bits per heavy atom. The number of unbranched alkanes of at least 4 members (excludes halogenated alkanes) is 1. The van der Waals surface area contributed by atoms with E-state index in [4.69, 9.17) is 0 Å². The number of aromatic nitrogens is 2. The lowest BCUT2D eigenvalue weighted by Gasteiger charge is -2.23. The third kappa shape index (κ3) is 5.16. The molecule has 1 aliphatic heterocycles. The highest BCUT2D eigenvalue weighted by atomic mass is 15.2. The van der Waals surface area contributed by atoms with Gasteiger partial charge in [-0.25, -0.2) is 9.97 Å². The summed E-state index contributed by atoms with van der Waals surface area (Å²) in [6, 6.07) is 2.46. The summed E-state index contributed by atoms with van der Waals surface area (Å²) >= 11 is 0. The highest BCUT2D eigenvalue weighted by Crippen LogP contribution is 2.19. The molecule has 21 heavy (non-hydrogen) atoms. The zero-order valence-electron chi connectivity index (χ0n) is 13.7. The van der Waals surface area contributed by atoms with Crippen LogP contribution >= 0.6 is 0 Å². The third-order valence-corrected chi connectivity index (χ3v) is 3.96. The monoisotopic (exact) mass is 291 g/mol. The molecule has 5 heteroatoms. The minimum absolute atomic E-state index is 0.383. The van der Waals surface area contributed by atoms with E-state index in [1.54, 1.807) is 6.33 Å². The molecule has 0 saturated carbocycles. The van der Waals surface area contributed by atoms with E-state index in [1.165, 1.54) is 25.7 Å². The van der Waals surface area contributed by atoms with E-state index < -0.39 is 0 Å². The van der Waals surface area contributed by atoms with Crippen LogP contribution in [0.15, 0.2) is 12.4 Å². The smallest absolute Gasteiger partial charge is 0.134 e. The van der Waals surface area contributed by atoms with Crippen molar-refractivity contribution in [3.63, 3.8) is 0 Å². The second-order valence-corrected chi connectivity index (χ2v) is 6.12. The Kier molecular flexibility index (Phi) is 6.23. The lowest BCUT2D eigenvalue weighted by Crippen LogP contribution is -2.33. The van der Waals surface area contributed by atoms with E-state index >= 15 is 0 Å². The number of nitrogens with zero attached hydrogens (tertiary/aromatic N) is 4. The molecule has 0 radical (unpaired) electrons. The van der Waals surface area contributed by atoms with Crippen molar-refractivity contribution in [3.8, 4) is 0 Å². The number of anilines is 2. The Morgan fingerprint density at radius 1 is 1.33 bits per heavy atom. The van der Waals surface area contributed by atoms with Crippen molar-refractivity contribution in [2.75, 3.05) is 43.4 Å². The van der Waals surface area contributed by atoms with Crippen molar-refractivity contribution in [1.29, 1.82) is 0 Å². The molecular formula is C16H29N5. The summed E-state index contributed by atoms with van der Waals surface area (Å²) in [7, 11) is 2.18. The van der Waals surface area contributed by atoms with Gasteiger partial charge in [-0.15, -0.1) is 0 Å². The standard InChI is InChI=1S/C16H29N5/c1-4-5-8-20(3)12-14(2)19-15-11-16(18-13-17-15)21-9-6-7-10-21/h11,13-14H,4-10,12H2,1-3H3,(H,17,18,19)/t14-/m0/s1. The molecule has 1 N–H and O–H groups in total. The number of likely N-dealkylation sites (N-methyl/N-ethyl adjacent to an activating group) is 1. The van der Waals surface area contributed by atoms with E-state index in [0.29, 0.717) is 6.04 Å². The highest BCUT2D eigenvalue weighted by molar-refractivity contribution is 5.49. The summed E-state index contributed by atoms with van der Waals surface area (Å²) in [6.45, 7) is 8.86. The molecule has 2 heterocycles.